The zero-order chi connectivity index (χ0) is 14.0. The van der Waals surface area contributed by atoms with Crippen LogP contribution < -0.4 is 10.5 Å². The van der Waals surface area contributed by atoms with Gasteiger partial charge in [0.2, 0.25) is 0 Å². The van der Waals surface area contributed by atoms with E-state index in [4.69, 9.17) is 10.5 Å². The molecule has 2 rings (SSSR count). The zero-order valence-electron chi connectivity index (χ0n) is 12.7. The summed E-state index contributed by atoms with van der Waals surface area (Å²) in [6.45, 7) is 7.08. The number of ether oxygens (including phenoxy) is 1. The van der Waals surface area contributed by atoms with Gasteiger partial charge in [-0.15, -0.1) is 0 Å². The fourth-order valence-electron chi connectivity index (χ4n) is 3.32. The molecule has 1 aromatic carbocycles. The number of hydrogen-bond acceptors (Lipinski definition) is 2. The number of hydrogen-bond donors (Lipinski definition) is 1. The summed E-state index contributed by atoms with van der Waals surface area (Å²) >= 11 is 0. The van der Waals surface area contributed by atoms with Gasteiger partial charge in [-0.05, 0) is 54.6 Å². The molecule has 2 heteroatoms. The fraction of sp³-hybridized carbons (Fsp3) is 0.647. The topological polar surface area (TPSA) is 35.2 Å². The molecule has 1 aromatic rings. The van der Waals surface area contributed by atoms with E-state index in [1.165, 1.54) is 31.2 Å². The molecule has 0 bridgehead atoms. The largest absolute Gasteiger partial charge is 0.497 e. The third-order valence-electron chi connectivity index (χ3n) is 4.69. The average molecular weight is 261 g/mol. The molecule has 0 saturated heterocycles. The second-order valence-corrected chi connectivity index (χ2v) is 6.91. The summed E-state index contributed by atoms with van der Waals surface area (Å²) in [6.07, 6.45) is 5.16. The number of benzene rings is 1. The molecule has 19 heavy (non-hydrogen) atoms. The molecule has 1 fully saturated rings. The molecule has 0 aliphatic heterocycles. The van der Waals surface area contributed by atoms with Crippen LogP contribution in [0.1, 0.15) is 57.9 Å². The van der Waals surface area contributed by atoms with Crippen LogP contribution in [0.25, 0.3) is 0 Å². The van der Waals surface area contributed by atoms with Crippen LogP contribution in [-0.4, -0.2) is 7.11 Å². The van der Waals surface area contributed by atoms with E-state index >= 15 is 0 Å². The van der Waals surface area contributed by atoms with E-state index in [9.17, 15) is 0 Å². The summed E-state index contributed by atoms with van der Waals surface area (Å²) in [7, 11) is 1.68. The van der Waals surface area contributed by atoms with Crippen LogP contribution in [-0.2, 0) is 0 Å². The molecule has 1 aliphatic carbocycles. The van der Waals surface area contributed by atoms with Crippen LogP contribution in [0.3, 0.4) is 0 Å². The molecule has 0 spiro atoms. The first-order chi connectivity index (χ1) is 8.91. The minimum Gasteiger partial charge on any atom is -0.497 e. The van der Waals surface area contributed by atoms with Crippen molar-refractivity contribution in [3.63, 3.8) is 0 Å². The Morgan fingerprint density at radius 1 is 1.11 bits per heavy atom. The van der Waals surface area contributed by atoms with Gasteiger partial charge < -0.3 is 10.5 Å². The van der Waals surface area contributed by atoms with Crippen molar-refractivity contribution in [2.24, 2.45) is 11.3 Å². The van der Waals surface area contributed by atoms with E-state index in [-0.39, 0.29) is 0 Å². The van der Waals surface area contributed by atoms with Crippen molar-refractivity contribution in [1.82, 2.24) is 0 Å². The smallest absolute Gasteiger partial charge is 0.120 e. The lowest BCUT2D eigenvalue weighted by molar-refractivity contribution is 0.169. The number of anilines is 1. The van der Waals surface area contributed by atoms with Crippen molar-refractivity contribution in [2.45, 2.75) is 52.4 Å². The van der Waals surface area contributed by atoms with Crippen LogP contribution in [0.15, 0.2) is 18.2 Å². The van der Waals surface area contributed by atoms with Gasteiger partial charge in [0.25, 0.3) is 0 Å². The Bertz CT molecular complexity index is 425. The maximum atomic E-state index is 6.17. The lowest BCUT2D eigenvalue weighted by atomic mass is 9.68. The van der Waals surface area contributed by atoms with Gasteiger partial charge in [-0.3, -0.25) is 0 Å². The van der Waals surface area contributed by atoms with Gasteiger partial charge in [-0.2, -0.15) is 0 Å². The highest BCUT2D eigenvalue weighted by Crippen LogP contribution is 2.44. The molecule has 2 nitrogen and oxygen atoms in total. The Balaban J connectivity index is 2.06. The van der Waals surface area contributed by atoms with Crippen molar-refractivity contribution in [3.8, 4) is 5.75 Å². The molecule has 0 heterocycles. The summed E-state index contributed by atoms with van der Waals surface area (Å²) in [6, 6.07) is 6.13. The summed E-state index contributed by atoms with van der Waals surface area (Å²) in [5.74, 6) is 2.33. The highest BCUT2D eigenvalue weighted by atomic mass is 16.5. The van der Waals surface area contributed by atoms with E-state index in [1.807, 2.05) is 12.1 Å². The van der Waals surface area contributed by atoms with E-state index in [0.29, 0.717) is 11.3 Å². The highest BCUT2D eigenvalue weighted by molar-refractivity contribution is 5.53. The summed E-state index contributed by atoms with van der Waals surface area (Å²) in [5, 5.41) is 0. The van der Waals surface area contributed by atoms with Crippen LogP contribution >= 0.6 is 0 Å². The first-order valence-electron chi connectivity index (χ1n) is 7.35. The SMILES string of the molecule is COc1ccc(C2CCC(C(C)(C)C)CC2)c(N)c1. The number of rotatable bonds is 2. The van der Waals surface area contributed by atoms with Crippen LogP contribution in [0, 0.1) is 11.3 Å². The zero-order valence-corrected chi connectivity index (χ0v) is 12.7. The normalized spacial score (nSPS) is 24.2. The van der Waals surface area contributed by atoms with Gasteiger partial charge in [0, 0.05) is 11.8 Å². The minimum absolute atomic E-state index is 0.441. The Morgan fingerprint density at radius 2 is 1.74 bits per heavy atom. The molecule has 1 saturated carbocycles. The van der Waals surface area contributed by atoms with Crippen molar-refractivity contribution in [2.75, 3.05) is 12.8 Å². The van der Waals surface area contributed by atoms with Crippen molar-refractivity contribution < 1.29 is 4.74 Å². The van der Waals surface area contributed by atoms with Gasteiger partial charge in [0.05, 0.1) is 7.11 Å². The van der Waals surface area contributed by atoms with Crippen LogP contribution in [0.5, 0.6) is 5.75 Å². The van der Waals surface area contributed by atoms with E-state index in [0.717, 1.165) is 17.4 Å². The van der Waals surface area contributed by atoms with Gasteiger partial charge in [-0.1, -0.05) is 26.8 Å². The molecule has 0 atom stereocenters. The monoisotopic (exact) mass is 261 g/mol. The number of nitrogen functional groups attached to an aromatic ring is 1. The molecule has 1 aliphatic rings. The predicted octanol–water partition coefficient (Wildman–Crippen LogP) is 4.60. The first-order valence-corrected chi connectivity index (χ1v) is 7.35. The molecule has 0 unspecified atom stereocenters. The van der Waals surface area contributed by atoms with Crippen molar-refractivity contribution >= 4 is 5.69 Å². The average Bonchev–Trinajstić information content (AvgIpc) is 2.37. The second-order valence-electron chi connectivity index (χ2n) is 6.91. The van der Waals surface area contributed by atoms with Crippen LogP contribution in [0.2, 0.25) is 0 Å². The summed E-state index contributed by atoms with van der Waals surface area (Å²) in [4.78, 5) is 0. The van der Waals surface area contributed by atoms with Gasteiger partial charge >= 0.3 is 0 Å². The Hall–Kier alpha value is -1.18. The van der Waals surface area contributed by atoms with Gasteiger partial charge in [0.15, 0.2) is 0 Å². The Labute approximate surface area is 117 Å². The molecule has 2 N–H and O–H groups in total. The minimum atomic E-state index is 0.441. The molecule has 106 valence electrons. The third kappa shape index (κ3) is 3.23. The maximum Gasteiger partial charge on any atom is 0.120 e. The Morgan fingerprint density at radius 3 is 2.21 bits per heavy atom. The maximum absolute atomic E-state index is 6.17. The summed E-state index contributed by atoms with van der Waals surface area (Å²) in [5.41, 5.74) is 8.81. The van der Waals surface area contributed by atoms with E-state index < -0.39 is 0 Å². The van der Waals surface area contributed by atoms with Gasteiger partial charge in [-0.25, -0.2) is 0 Å². The second kappa shape index (κ2) is 5.44. The summed E-state index contributed by atoms with van der Waals surface area (Å²) < 4.78 is 5.22. The lowest BCUT2D eigenvalue weighted by Crippen LogP contribution is -2.25. The van der Waals surface area contributed by atoms with E-state index in [1.54, 1.807) is 7.11 Å². The fourth-order valence-corrected chi connectivity index (χ4v) is 3.32. The van der Waals surface area contributed by atoms with E-state index in [2.05, 4.69) is 26.8 Å². The highest BCUT2D eigenvalue weighted by Gasteiger charge is 2.30. The first kappa shape index (κ1) is 14.2. The van der Waals surface area contributed by atoms with Crippen molar-refractivity contribution in [3.05, 3.63) is 23.8 Å². The third-order valence-corrected chi connectivity index (χ3v) is 4.69. The molecule has 0 radical (unpaired) electrons. The molecular formula is C17H27NO. The van der Waals surface area contributed by atoms with Crippen molar-refractivity contribution in [1.29, 1.82) is 0 Å². The molecule has 0 amide bonds. The standard InChI is InChI=1S/C17H27NO/c1-17(2,3)13-7-5-12(6-8-13)15-10-9-14(19-4)11-16(15)18/h9-13H,5-8,18H2,1-4H3. The quantitative estimate of drug-likeness (QED) is 0.790. The molecular weight excluding hydrogens is 234 g/mol. The number of methoxy groups -OCH3 is 1. The van der Waals surface area contributed by atoms with Gasteiger partial charge in [0.1, 0.15) is 5.75 Å². The Kier molecular flexibility index (Phi) is 4.07. The van der Waals surface area contributed by atoms with Crippen LogP contribution in [0.4, 0.5) is 5.69 Å². The lowest BCUT2D eigenvalue weighted by Gasteiger charge is -2.37. The number of nitrogens with two attached hydrogens (primary N) is 1. The molecule has 0 aromatic heterocycles. The predicted molar refractivity (Wildman–Crippen MR) is 81.6 cm³/mol.